The molecule has 2 aromatic heterocycles. The summed E-state index contributed by atoms with van der Waals surface area (Å²) in [5, 5.41) is 4.48. The van der Waals surface area contributed by atoms with Crippen LogP contribution in [-0.2, 0) is 6.54 Å². The molecule has 0 saturated heterocycles. The number of aromatic nitrogens is 3. The Hall–Kier alpha value is -2.33. The number of pyridine rings is 1. The average Bonchev–Trinajstić information content (AvgIpc) is 2.53. The number of hydrogen-bond acceptors (Lipinski definition) is 4. The van der Waals surface area contributed by atoms with Crippen LogP contribution in [-0.4, -0.2) is 21.0 Å². The highest BCUT2D eigenvalue weighted by Gasteiger charge is 2.06. The Labute approximate surface area is 124 Å². The third-order valence-electron chi connectivity index (χ3n) is 3.23. The van der Waals surface area contributed by atoms with Gasteiger partial charge in [0.1, 0.15) is 5.69 Å². The van der Waals surface area contributed by atoms with Gasteiger partial charge < -0.3 is 5.32 Å². The average molecular weight is 278 g/mol. The van der Waals surface area contributed by atoms with Crippen molar-refractivity contribution in [2.75, 3.05) is 0 Å². The second-order valence-corrected chi connectivity index (χ2v) is 5.30. The first-order valence-electron chi connectivity index (χ1n) is 7.14. The van der Waals surface area contributed by atoms with Crippen LogP contribution >= 0.6 is 0 Å². The van der Waals surface area contributed by atoms with Crippen LogP contribution in [0.4, 0.5) is 0 Å². The molecule has 0 radical (unpaired) electrons. The summed E-state index contributed by atoms with van der Waals surface area (Å²) in [4.78, 5) is 13.6. The number of benzene rings is 1. The minimum Gasteiger partial charge on any atom is -0.309 e. The SMILES string of the molecule is CC(C)NCc1ccnc(-c2ccc3ccccc3n2)n1. The Balaban J connectivity index is 1.92. The quantitative estimate of drug-likeness (QED) is 0.796. The van der Waals surface area contributed by atoms with Crippen molar-refractivity contribution in [1.82, 2.24) is 20.3 Å². The van der Waals surface area contributed by atoms with Crippen molar-refractivity contribution in [3.63, 3.8) is 0 Å². The maximum Gasteiger partial charge on any atom is 0.178 e. The molecule has 0 amide bonds. The van der Waals surface area contributed by atoms with Gasteiger partial charge in [0.2, 0.25) is 0 Å². The lowest BCUT2D eigenvalue weighted by Gasteiger charge is -2.08. The minimum atomic E-state index is 0.433. The van der Waals surface area contributed by atoms with Gasteiger partial charge in [-0.1, -0.05) is 38.1 Å². The molecule has 0 spiro atoms. The van der Waals surface area contributed by atoms with E-state index in [0.717, 1.165) is 28.8 Å². The number of nitrogens with zero attached hydrogens (tertiary/aromatic N) is 3. The highest BCUT2D eigenvalue weighted by molar-refractivity contribution is 5.80. The maximum atomic E-state index is 4.64. The van der Waals surface area contributed by atoms with Crippen LogP contribution in [0.25, 0.3) is 22.4 Å². The van der Waals surface area contributed by atoms with Crippen molar-refractivity contribution in [1.29, 1.82) is 0 Å². The van der Waals surface area contributed by atoms with E-state index in [4.69, 9.17) is 0 Å². The van der Waals surface area contributed by atoms with E-state index in [-0.39, 0.29) is 0 Å². The Morgan fingerprint density at radius 2 is 1.86 bits per heavy atom. The third-order valence-corrected chi connectivity index (χ3v) is 3.23. The Morgan fingerprint density at radius 1 is 1.00 bits per heavy atom. The van der Waals surface area contributed by atoms with Gasteiger partial charge in [0.15, 0.2) is 5.82 Å². The molecule has 21 heavy (non-hydrogen) atoms. The molecule has 0 saturated carbocycles. The van der Waals surface area contributed by atoms with E-state index in [2.05, 4.69) is 46.2 Å². The predicted molar refractivity (Wildman–Crippen MR) is 84.7 cm³/mol. The lowest BCUT2D eigenvalue weighted by molar-refractivity contribution is 0.581. The Kier molecular flexibility index (Phi) is 3.88. The second kappa shape index (κ2) is 5.97. The molecular formula is C17H18N4. The molecule has 1 aromatic carbocycles. The van der Waals surface area contributed by atoms with E-state index in [1.165, 1.54) is 0 Å². The molecule has 0 atom stereocenters. The van der Waals surface area contributed by atoms with Crippen LogP contribution in [0.2, 0.25) is 0 Å². The fraction of sp³-hybridized carbons (Fsp3) is 0.235. The van der Waals surface area contributed by atoms with Gasteiger partial charge in [-0.2, -0.15) is 0 Å². The maximum absolute atomic E-state index is 4.64. The summed E-state index contributed by atoms with van der Waals surface area (Å²) in [6, 6.07) is 14.4. The molecule has 4 nitrogen and oxygen atoms in total. The molecule has 0 bridgehead atoms. The number of nitrogens with one attached hydrogen (secondary N) is 1. The van der Waals surface area contributed by atoms with Crippen molar-refractivity contribution in [3.8, 4) is 11.5 Å². The summed E-state index contributed by atoms with van der Waals surface area (Å²) in [5.41, 5.74) is 2.74. The van der Waals surface area contributed by atoms with Gasteiger partial charge in [-0.15, -0.1) is 0 Å². The van der Waals surface area contributed by atoms with Gasteiger partial charge in [-0.05, 0) is 18.2 Å². The number of fused-ring (bicyclic) bond motifs is 1. The predicted octanol–water partition coefficient (Wildman–Crippen LogP) is 3.19. The summed E-state index contributed by atoms with van der Waals surface area (Å²) >= 11 is 0. The van der Waals surface area contributed by atoms with E-state index in [0.29, 0.717) is 11.9 Å². The van der Waals surface area contributed by atoms with Crippen molar-refractivity contribution in [2.24, 2.45) is 0 Å². The van der Waals surface area contributed by atoms with Crippen molar-refractivity contribution >= 4 is 10.9 Å². The number of rotatable bonds is 4. The first kappa shape index (κ1) is 13.6. The van der Waals surface area contributed by atoms with E-state index < -0.39 is 0 Å². The van der Waals surface area contributed by atoms with Crippen LogP contribution in [0.1, 0.15) is 19.5 Å². The number of hydrogen-bond donors (Lipinski definition) is 1. The molecule has 0 aliphatic rings. The first-order valence-corrected chi connectivity index (χ1v) is 7.14. The minimum absolute atomic E-state index is 0.433. The molecular weight excluding hydrogens is 260 g/mol. The Morgan fingerprint density at radius 3 is 2.71 bits per heavy atom. The van der Waals surface area contributed by atoms with E-state index in [1.54, 1.807) is 6.20 Å². The summed E-state index contributed by atoms with van der Waals surface area (Å²) in [6.07, 6.45) is 1.79. The van der Waals surface area contributed by atoms with Crippen molar-refractivity contribution in [3.05, 3.63) is 54.4 Å². The zero-order valence-corrected chi connectivity index (χ0v) is 12.2. The van der Waals surface area contributed by atoms with E-state index in [9.17, 15) is 0 Å². The smallest absolute Gasteiger partial charge is 0.178 e. The zero-order valence-electron chi connectivity index (χ0n) is 12.2. The standard InChI is InChI=1S/C17H18N4/c1-12(2)19-11-14-9-10-18-17(20-14)16-8-7-13-5-3-4-6-15(13)21-16/h3-10,12,19H,11H2,1-2H3. The lowest BCUT2D eigenvalue weighted by Crippen LogP contribution is -2.22. The highest BCUT2D eigenvalue weighted by Crippen LogP contribution is 2.17. The van der Waals surface area contributed by atoms with Crippen LogP contribution in [0.15, 0.2) is 48.7 Å². The van der Waals surface area contributed by atoms with Crippen LogP contribution in [0.3, 0.4) is 0 Å². The van der Waals surface area contributed by atoms with Gasteiger partial charge in [0.25, 0.3) is 0 Å². The molecule has 3 aromatic rings. The van der Waals surface area contributed by atoms with Gasteiger partial charge in [-0.25, -0.2) is 15.0 Å². The topological polar surface area (TPSA) is 50.7 Å². The fourth-order valence-electron chi connectivity index (χ4n) is 2.12. The summed E-state index contributed by atoms with van der Waals surface area (Å²) < 4.78 is 0. The molecule has 0 aliphatic carbocycles. The molecule has 0 unspecified atom stereocenters. The first-order chi connectivity index (χ1) is 10.2. The molecule has 0 aliphatic heterocycles. The van der Waals surface area contributed by atoms with Crippen LogP contribution in [0.5, 0.6) is 0 Å². The van der Waals surface area contributed by atoms with Gasteiger partial charge in [-0.3, -0.25) is 0 Å². The van der Waals surface area contributed by atoms with Crippen LogP contribution in [0, 0.1) is 0 Å². The van der Waals surface area contributed by atoms with E-state index in [1.807, 2.05) is 30.3 Å². The normalized spacial score (nSPS) is 11.2. The molecule has 106 valence electrons. The van der Waals surface area contributed by atoms with Crippen LogP contribution < -0.4 is 5.32 Å². The molecule has 4 heteroatoms. The highest BCUT2D eigenvalue weighted by atomic mass is 15.0. The van der Waals surface area contributed by atoms with Gasteiger partial charge >= 0.3 is 0 Å². The Bertz CT molecular complexity index is 752. The molecule has 1 N–H and O–H groups in total. The summed E-state index contributed by atoms with van der Waals surface area (Å²) in [5.74, 6) is 0.670. The van der Waals surface area contributed by atoms with Gasteiger partial charge in [0, 0.05) is 24.2 Å². The second-order valence-electron chi connectivity index (χ2n) is 5.30. The fourth-order valence-corrected chi connectivity index (χ4v) is 2.12. The zero-order chi connectivity index (χ0) is 14.7. The van der Waals surface area contributed by atoms with Crippen molar-refractivity contribution in [2.45, 2.75) is 26.4 Å². The lowest BCUT2D eigenvalue weighted by atomic mass is 10.2. The number of para-hydroxylation sites is 1. The largest absolute Gasteiger partial charge is 0.309 e. The summed E-state index contributed by atoms with van der Waals surface area (Å²) in [7, 11) is 0. The monoisotopic (exact) mass is 278 g/mol. The van der Waals surface area contributed by atoms with Gasteiger partial charge in [0.05, 0.1) is 11.2 Å². The molecule has 3 rings (SSSR count). The third kappa shape index (κ3) is 3.23. The molecule has 2 heterocycles. The molecule has 0 fully saturated rings. The summed E-state index contributed by atoms with van der Waals surface area (Å²) in [6.45, 7) is 4.97. The van der Waals surface area contributed by atoms with Crippen molar-refractivity contribution < 1.29 is 0 Å². The van der Waals surface area contributed by atoms with E-state index >= 15 is 0 Å².